The summed E-state index contributed by atoms with van der Waals surface area (Å²) in [5.41, 5.74) is 1.09. The zero-order valence-electron chi connectivity index (χ0n) is 14.2. The molecule has 1 aliphatic rings. The summed E-state index contributed by atoms with van der Waals surface area (Å²) >= 11 is 2.59. The Labute approximate surface area is 162 Å². The Kier molecular flexibility index (Phi) is 4.62. The molecule has 138 valence electrons. The standard InChI is InChI=1S/C16H14N6O3S2/c1-21-8-17-20-16(21)27-13-6-5-9(7-11(13)22(24)25)14(23)19-15-18-10-3-2-4-12(10)26-15/h5-8H,2-4H2,1H3,(H,18,19,23). The van der Waals surface area contributed by atoms with E-state index in [4.69, 9.17) is 0 Å². The van der Waals surface area contributed by atoms with Crippen molar-refractivity contribution in [1.82, 2.24) is 19.7 Å². The molecule has 0 unspecified atom stereocenters. The fraction of sp³-hybridized carbons (Fsp3) is 0.250. The number of nitro groups is 1. The number of thiazole rings is 1. The van der Waals surface area contributed by atoms with E-state index >= 15 is 0 Å². The highest BCUT2D eigenvalue weighted by Crippen LogP contribution is 2.35. The zero-order valence-corrected chi connectivity index (χ0v) is 15.8. The van der Waals surface area contributed by atoms with Crippen LogP contribution in [0.4, 0.5) is 10.8 Å². The molecule has 1 aromatic carbocycles. The molecular weight excluding hydrogens is 388 g/mol. The van der Waals surface area contributed by atoms with Gasteiger partial charge in [0.2, 0.25) is 0 Å². The molecule has 9 nitrogen and oxygen atoms in total. The monoisotopic (exact) mass is 402 g/mol. The van der Waals surface area contributed by atoms with Crippen LogP contribution in [0, 0.1) is 10.1 Å². The van der Waals surface area contributed by atoms with Crippen LogP contribution in [0.15, 0.2) is 34.6 Å². The quantitative estimate of drug-likeness (QED) is 0.515. The van der Waals surface area contributed by atoms with Crippen molar-refractivity contribution in [3.05, 3.63) is 50.8 Å². The fourth-order valence-corrected chi connectivity index (χ4v) is 4.66. The molecular formula is C16H14N6O3S2. The number of carbonyl (C=O) groups is 1. The molecule has 0 aliphatic heterocycles. The van der Waals surface area contributed by atoms with Crippen molar-refractivity contribution >= 4 is 39.8 Å². The van der Waals surface area contributed by atoms with E-state index in [1.165, 1.54) is 28.6 Å². The second-order valence-electron chi connectivity index (χ2n) is 5.96. The lowest BCUT2D eigenvalue weighted by molar-refractivity contribution is -0.387. The summed E-state index contributed by atoms with van der Waals surface area (Å²) in [5.74, 6) is -0.416. The van der Waals surface area contributed by atoms with E-state index in [1.54, 1.807) is 23.7 Å². The third-order valence-corrected chi connectivity index (χ3v) is 6.30. The number of hydrogen-bond donors (Lipinski definition) is 1. The zero-order chi connectivity index (χ0) is 19.0. The van der Waals surface area contributed by atoms with E-state index in [0.29, 0.717) is 15.2 Å². The number of nitrogens with one attached hydrogen (secondary N) is 1. The first-order chi connectivity index (χ1) is 13.0. The lowest BCUT2D eigenvalue weighted by atomic mass is 10.2. The van der Waals surface area contributed by atoms with Crippen molar-refractivity contribution < 1.29 is 9.72 Å². The first kappa shape index (κ1) is 17.6. The van der Waals surface area contributed by atoms with Gasteiger partial charge in [-0.2, -0.15) is 0 Å². The minimum absolute atomic E-state index is 0.155. The molecule has 2 aromatic heterocycles. The van der Waals surface area contributed by atoms with Crippen LogP contribution >= 0.6 is 23.1 Å². The molecule has 2 heterocycles. The first-order valence-corrected chi connectivity index (χ1v) is 9.75. The Morgan fingerprint density at radius 3 is 2.96 bits per heavy atom. The molecule has 11 heteroatoms. The number of amides is 1. The second-order valence-corrected chi connectivity index (χ2v) is 8.06. The van der Waals surface area contributed by atoms with Gasteiger partial charge in [0.25, 0.3) is 11.6 Å². The smallest absolute Gasteiger partial charge is 0.284 e. The Morgan fingerprint density at radius 1 is 1.41 bits per heavy atom. The molecule has 0 spiro atoms. The highest BCUT2D eigenvalue weighted by molar-refractivity contribution is 7.99. The number of hydrogen-bond acceptors (Lipinski definition) is 8. The predicted molar refractivity (Wildman–Crippen MR) is 100 cm³/mol. The number of benzene rings is 1. The van der Waals surface area contributed by atoms with Crippen molar-refractivity contribution in [3.8, 4) is 0 Å². The molecule has 0 fully saturated rings. The van der Waals surface area contributed by atoms with Gasteiger partial charge in [0.1, 0.15) is 6.33 Å². The van der Waals surface area contributed by atoms with Crippen LogP contribution in [0.1, 0.15) is 27.3 Å². The van der Waals surface area contributed by atoms with E-state index < -0.39 is 10.8 Å². The molecule has 0 atom stereocenters. The van der Waals surface area contributed by atoms with Gasteiger partial charge in [-0.3, -0.25) is 20.2 Å². The van der Waals surface area contributed by atoms with Crippen LogP contribution in [0.3, 0.4) is 0 Å². The van der Waals surface area contributed by atoms with Crippen LogP contribution in [0.5, 0.6) is 0 Å². The Morgan fingerprint density at radius 2 is 2.26 bits per heavy atom. The summed E-state index contributed by atoms with van der Waals surface area (Å²) in [6, 6.07) is 4.38. The van der Waals surface area contributed by atoms with Crippen LogP contribution < -0.4 is 5.32 Å². The van der Waals surface area contributed by atoms with Gasteiger partial charge in [-0.25, -0.2) is 4.98 Å². The number of rotatable bonds is 5. The van der Waals surface area contributed by atoms with Crippen molar-refractivity contribution in [2.75, 3.05) is 5.32 Å². The molecule has 4 rings (SSSR count). The third kappa shape index (κ3) is 3.55. The number of nitro benzene ring substituents is 1. The maximum Gasteiger partial charge on any atom is 0.284 e. The summed E-state index contributed by atoms with van der Waals surface area (Å²) in [6.07, 6.45) is 4.53. The van der Waals surface area contributed by atoms with Gasteiger partial charge in [-0.15, -0.1) is 21.5 Å². The third-order valence-electron chi connectivity index (χ3n) is 4.11. The van der Waals surface area contributed by atoms with Crippen LogP contribution in [-0.2, 0) is 19.9 Å². The van der Waals surface area contributed by atoms with Gasteiger partial charge in [0.05, 0.1) is 15.5 Å². The number of anilines is 1. The van der Waals surface area contributed by atoms with Gasteiger partial charge in [0, 0.05) is 23.6 Å². The normalized spacial score (nSPS) is 12.8. The molecule has 0 saturated heterocycles. The van der Waals surface area contributed by atoms with E-state index in [-0.39, 0.29) is 11.3 Å². The summed E-state index contributed by atoms with van der Waals surface area (Å²) < 4.78 is 1.66. The maximum absolute atomic E-state index is 12.5. The minimum Gasteiger partial charge on any atom is -0.311 e. The molecule has 0 bridgehead atoms. The minimum atomic E-state index is -0.507. The lowest BCUT2D eigenvalue weighted by Gasteiger charge is -2.06. The fourth-order valence-electron chi connectivity index (χ4n) is 2.76. The van der Waals surface area contributed by atoms with Crippen molar-refractivity contribution in [3.63, 3.8) is 0 Å². The van der Waals surface area contributed by atoms with Crippen molar-refractivity contribution in [1.29, 1.82) is 0 Å². The molecule has 0 saturated carbocycles. The molecule has 0 radical (unpaired) electrons. The molecule has 27 heavy (non-hydrogen) atoms. The topological polar surface area (TPSA) is 116 Å². The number of aryl methyl sites for hydroxylation is 3. The van der Waals surface area contributed by atoms with Gasteiger partial charge < -0.3 is 4.57 Å². The van der Waals surface area contributed by atoms with Crippen LogP contribution in [0.25, 0.3) is 0 Å². The molecule has 1 N–H and O–H groups in total. The van der Waals surface area contributed by atoms with Crippen molar-refractivity contribution in [2.24, 2.45) is 7.05 Å². The summed E-state index contributed by atoms with van der Waals surface area (Å²) in [5, 5.41) is 22.9. The van der Waals surface area contributed by atoms with Gasteiger partial charge >= 0.3 is 0 Å². The largest absolute Gasteiger partial charge is 0.311 e. The van der Waals surface area contributed by atoms with E-state index in [2.05, 4.69) is 20.5 Å². The van der Waals surface area contributed by atoms with Gasteiger partial charge in [-0.05, 0) is 43.2 Å². The number of aromatic nitrogens is 4. The maximum atomic E-state index is 12.5. The SMILES string of the molecule is Cn1cnnc1Sc1ccc(C(=O)Nc2nc3c(s2)CCC3)cc1[N+](=O)[O-]. The predicted octanol–water partition coefficient (Wildman–Crippen LogP) is 3.07. The van der Waals surface area contributed by atoms with Gasteiger partial charge in [-0.1, -0.05) is 0 Å². The van der Waals surface area contributed by atoms with E-state index in [1.807, 2.05) is 0 Å². The highest BCUT2D eigenvalue weighted by Gasteiger charge is 2.22. The van der Waals surface area contributed by atoms with E-state index in [9.17, 15) is 14.9 Å². The van der Waals surface area contributed by atoms with E-state index in [0.717, 1.165) is 36.7 Å². The summed E-state index contributed by atoms with van der Waals surface area (Å²) in [6.45, 7) is 0. The highest BCUT2D eigenvalue weighted by atomic mass is 32.2. The Balaban J connectivity index is 1.57. The number of fused-ring (bicyclic) bond motifs is 1. The Hall–Kier alpha value is -2.79. The average Bonchev–Trinajstić information content (AvgIpc) is 3.32. The van der Waals surface area contributed by atoms with Gasteiger partial charge in [0.15, 0.2) is 10.3 Å². The second kappa shape index (κ2) is 7.08. The van der Waals surface area contributed by atoms with Crippen LogP contribution in [0.2, 0.25) is 0 Å². The summed E-state index contributed by atoms with van der Waals surface area (Å²) in [7, 11) is 1.75. The Bertz CT molecular complexity index is 1020. The molecule has 1 aliphatic carbocycles. The van der Waals surface area contributed by atoms with Crippen LogP contribution in [-0.4, -0.2) is 30.6 Å². The lowest BCUT2D eigenvalue weighted by Crippen LogP contribution is -2.12. The molecule has 3 aromatic rings. The summed E-state index contributed by atoms with van der Waals surface area (Å²) in [4.78, 5) is 29.5. The number of nitrogens with zero attached hydrogens (tertiary/aromatic N) is 5. The average molecular weight is 402 g/mol. The molecule has 1 amide bonds. The number of carbonyl (C=O) groups excluding carboxylic acids is 1. The van der Waals surface area contributed by atoms with Crippen molar-refractivity contribution in [2.45, 2.75) is 29.3 Å². The first-order valence-electron chi connectivity index (χ1n) is 8.11.